The lowest BCUT2D eigenvalue weighted by Crippen LogP contribution is -2.27. The molecule has 1 aromatic carbocycles. The summed E-state index contributed by atoms with van der Waals surface area (Å²) in [5, 5.41) is 5.13. The summed E-state index contributed by atoms with van der Waals surface area (Å²) in [5.41, 5.74) is 3.99. The number of aromatic amines is 1. The first-order chi connectivity index (χ1) is 9.33. The van der Waals surface area contributed by atoms with Gasteiger partial charge in [0.1, 0.15) is 0 Å². The number of aromatic nitrogens is 1. The minimum absolute atomic E-state index is 0.720. The van der Waals surface area contributed by atoms with Crippen LogP contribution < -0.4 is 5.32 Å². The first-order valence-electron chi connectivity index (χ1n) is 7.63. The molecule has 102 valence electrons. The van der Waals surface area contributed by atoms with Crippen LogP contribution in [0.1, 0.15) is 49.7 Å². The first kappa shape index (κ1) is 12.7. The lowest BCUT2D eigenvalue weighted by Gasteiger charge is -2.15. The van der Waals surface area contributed by atoms with Crippen LogP contribution in [0.15, 0.2) is 24.4 Å². The van der Waals surface area contributed by atoms with Gasteiger partial charge in [0.15, 0.2) is 0 Å². The van der Waals surface area contributed by atoms with E-state index in [2.05, 4.69) is 41.6 Å². The molecule has 1 aromatic heterocycles. The molecule has 3 rings (SSSR count). The van der Waals surface area contributed by atoms with Crippen LogP contribution in [-0.2, 0) is 6.54 Å². The third-order valence-corrected chi connectivity index (χ3v) is 4.36. The molecule has 2 N–H and O–H groups in total. The quantitative estimate of drug-likeness (QED) is 0.788. The molecule has 0 radical (unpaired) electrons. The number of hydrogen-bond acceptors (Lipinski definition) is 1. The van der Waals surface area contributed by atoms with Crippen LogP contribution in [0.4, 0.5) is 0 Å². The average molecular weight is 256 g/mol. The Morgan fingerprint density at radius 1 is 1.16 bits per heavy atom. The number of fused-ring (bicyclic) bond motifs is 1. The van der Waals surface area contributed by atoms with Gasteiger partial charge in [0, 0.05) is 29.7 Å². The fourth-order valence-electron chi connectivity index (χ4n) is 3.18. The Kier molecular flexibility index (Phi) is 3.88. The van der Waals surface area contributed by atoms with E-state index in [0.717, 1.165) is 12.6 Å². The van der Waals surface area contributed by atoms with Crippen molar-refractivity contribution >= 4 is 10.9 Å². The molecule has 19 heavy (non-hydrogen) atoms. The number of hydrogen-bond donors (Lipinski definition) is 2. The Morgan fingerprint density at radius 3 is 2.74 bits per heavy atom. The van der Waals surface area contributed by atoms with Crippen molar-refractivity contribution in [2.24, 2.45) is 0 Å². The molecule has 1 heterocycles. The third-order valence-electron chi connectivity index (χ3n) is 4.36. The molecule has 2 heteroatoms. The molecule has 1 aliphatic carbocycles. The number of nitrogens with one attached hydrogen (secondary N) is 2. The summed E-state index contributed by atoms with van der Waals surface area (Å²) in [6.07, 6.45) is 10.5. The molecule has 1 aliphatic rings. The largest absolute Gasteiger partial charge is 0.361 e. The van der Waals surface area contributed by atoms with Crippen molar-refractivity contribution in [2.45, 2.75) is 58.0 Å². The van der Waals surface area contributed by atoms with Crippen LogP contribution in [0.5, 0.6) is 0 Å². The SMILES string of the molecule is Cc1ccc2[nH]cc(CNC3CCCCCC3)c2c1. The van der Waals surface area contributed by atoms with Crippen LogP contribution in [0.3, 0.4) is 0 Å². The number of rotatable bonds is 3. The van der Waals surface area contributed by atoms with Gasteiger partial charge in [0.25, 0.3) is 0 Å². The van der Waals surface area contributed by atoms with E-state index < -0.39 is 0 Å². The maximum absolute atomic E-state index is 3.76. The van der Waals surface area contributed by atoms with Crippen molar-refractivity contribution in [1.82, 2.24) is 10.3 Å². The summed E-state index contributed by atoms with van der Waals surface area (Å²) in [5.74, 6) is 0. The standard InChI is InChI=1S/C17H24N2/c1-13-8-9-17-16(10-13)14(12-19-17)11-18-15-6-4-2-3-5-7-15/h8-10,12,15,18-19H,2-7,11H2,1H3. The van der Waals surface area contributed by atoms with E-state index in [4.69, 9.17) is 0 Å². The zero-order valence-corrected chi connectivity index (χ0v) is 11.8. The van der Waals surface area contributed by atoms with Gasteiger partial charge < -0.3 is 10.3 Å². The summed E-state index contributed by atoms with van der Waals surface area (Å²) in [6.45, 7) is 3.16. The van der Waals surface area contributed by atoms with Crippen molar-refractivity contribution in [1.29, 1.82) is 0 Å². The van der Waals surface area contributed by atoms with Crippen LogP contribution in [0.2, 0.25) is 0 Å². The summed E-state index contributed by atoms with van der Waals surface area (Å²) in [7, 11) is 0. The second-order valence-corrected chi connectivity index (χ2v) is 5.93. The maximum atomic E-state index is 3.76. The van der Waals surface area contributed by atoms with Crippen LogP contribution in [0.25, 0.3) is 10.9 Å². The average Bonchev–Trinajstić information content (AvgIpc) is 2.63. The van der Waals surface area contributed by atoms with E-state index in [0.29, 0.717) is 0 Å². The molecule has 0 atom stereocenters. The molecule has 0 spiro atoms. The Balaban J connectivity index is 1.69. The highest BCUT2D eigenvalue weighted by atomic mass is 14.9. The van der Waals surface area contributed by atoms with E-state index in [1.54, 1.807) is 0 Å². The van der Waals surface area contributed by atoms with Gasteiger partial charge in [0.2, 0.25) is 0 Å². The molecule has 1 fully saturated rings. The number of H-pyrrole nitrogens is 1. The minimum atomic E-state index is 0.720. The molecule has 0 aliphatic heterocycles. The fraction of sp³-hybridized carbons (Fsp3) is 0.529. The van der Waals surface area contributed by atoms with Crippen LogP contribution >= 0.6 is 0 Å². The molecule has 2 aromatic rings. The highest BCUT2D eigenvalue weighted by molar-refractivity contribution is 5.83. The van der Waals surface area contributed by atoms with Gasteiger partial charge in [-0.25, -0.2) is 0 Å². The Bertz CT molecular complexity index is 533. The second kappa shape index (κ2) is 5.79. The van der Waals surface area contributed by atoms with E-state index in [1.165, 1.54) is 60.6 Å². The Morgan fingerprint density at radius 2 is 1.95 bits per heavy atom. The van der Waals surface area contributed by atoms with Gasteiger partial charge >= 0.3 is 0 Å². The van der Waals surface area contributed by atoms with Crippen molar-refractivity contribution < 1.29 is 0 Å². The highest BCUT2D eigenvalue weighted by Crippen LogP contribution is 2.21. The summed E-state index contributed by atoms with van der Waals surface area (Å²) >= 11 is 0. The number of benzene rings is 1. The van der Waals surface area contributed by atoms with E-state index in [1.807, 2.05) is 0 Å². The van der Waals surface area contributed by atoms with Crippen molar-refractivity contribution in [3.8, 4) is 0 Å². The lowest BCUT2D eigenvalue weighted by molar-refractivity contribution is 0.460. The Labute approximate surface area is 115 Å². The van der Waals surface area contributed by atoms with Gasteiger partial charge in [-0.2, -0.15) is 0 Å². The summed E-state index contributed by atoms with van der Waals surface area (Å²) in [4.78, 5) is 3.38. The normalized spacial score (nSPS) is 17.7. The van der Waals surface area contributed by atoms with E-state index >= 15 is 0 Å². The van der Waals surface area contributed by atoms with Gasteiger partial charge in [-0.05, 0) is 37.5 Å². The van der Waals surface area contributed by atoms with E-state index in [-0.39, 0.29) is 0 Å². The molecule has 2 nitrogen and oxygen atoms in total. The van der Waals surface area contributed by atoms with Gasteiger partial charge in [0.05, 0.1) is 0 Å². The zero-order valence-electron chi connectivity index (χ0n) is 11.8. The van der Waals surface area contributed by atoms with Crippen LogP contribution in [0, 0.1) is 6.92 Å². The predicted octanol–water partition coefficient (Wildman–Crippen LogP) is 4.29. The van der Waals surface area contributed by atoms with Gasteiger partial charge in [-0.3, -0.25) is 0 Å². The topological polar surface area (TPSA) is 27.8 Å². The molecule has 0 saturated heterocycles. The molecular formula is C17H24N2. The van der Waals surface area contributed by atoms with E-state index in [9.17, 15) is 0 Å². The molecule has 0 amide bonds. The molecule has 0 unspecified atom stereocenters. The lowest BCUT2D eigenvalue weighted by atomic mass is 10.1. The molecular weight excluding hydrogens is 232 g/mol. The predicted molar refractivity (Wildman–Crippen MR) is 81.4 cm³/mol. The summed E-state index contributed by atoms with van der Waals surface area (Å²) in [6, 6.07) is 7.36. The van der Waals surface area contributed by atoms with Gasteiger partial charge in [-0.1, -0.05) is 37.3 Å². The van der Waals surface area contributed by atoms with Gasteiger partial charge in [-0.15, -0.1) is 0 Å². The highest BCUT2D eigenvalue weighted by Gasteiger charge is 2.12. The van der Waals surface area contributed by atoms with Crippen LogP contribution in [-0.4, -0.2) is 11.0 Å². The minimum Gasteiger partial charge on any atom is -0.361 e. The fourth-order valence-corrected chi connectivity index (χ4v) is 3.18. The third kappa shape index (κ3) is 3.01. The zero-order chi connectivity index (χ0) is 13.1. The number of aryl methyl sites for hydroxylation is 1. The van der Waals surface area contributed by atoms with Crippen molar-refractivity contribution in [3.05, 3.63) is 35.5 Å². The Hall–Kier alpha value is -1.28. The summed E-state index contributed by atoms with van der Waals surface area (Å²) < 4.78 is 0. The van der Waals surface area contributed by atoms with Crippen molar-refractivity contribution in [3.63, 3.8) is 0 Å². The smallest absolute Gasteiger partial charge is 0.0457 e. The monoisotopic (exact) mass is 256 g/mol. The molecule has 1 saturated carbocycles. The molecule has 0 bridgehead atoms. The first-order valence-corrected chi connectivity index (χ1v) is 7.63. The second-order valence-electron chi connectivity index (χ2n) is 5.93. The van der Waals surface area contributed by atoms with Crippen molar-refractivity contribution in [2.75, 3.05) is 0 Å². The maximum Gasteiger partial charge on any atom is 0.0457 e.